The number of non-ortho nitro benzene ring substituents is 1. The molecule has 9 heteroatoms. The number of thiocarbonyl (C=S) groups is 1. The van der Waals surface area contributed by atoms with Gasteiger partial charge in [0.2, 0.25) is 5.91 Å². The lowest BCUT2D eigenvalue weighted by atomic mass is 10.2. The van der Waals surface area contributed by atoms with Crippen molar-refractivity contribution in [2.45, 2.75) is 6.92 Å². The van der Waals surface area contributed by atoms with Gasteiger partial charge in [-0.25, -0.2) is 0 Å². The molecule has 29 heavy (non-hydrogen) atoms. The van der Waals surface area contributed by atoms with Crippen LogP contribution in [0.25, 0.3) is 6.08 Å². The van der Waals surface area contributed by atoms with E-state index < -0.39 is 10.8 Å². The molecule has 2 rings (SSSR count). The number of nitro benzene ring substituents is 1. The van der Waals surface area contributed by atoms with Crippen LogP contribution >= 0.6 is 12.2 Å². The predicted octanol–water partition coefficient (Wildman–Crippen LogP) is 3.54. The average Bonchev–Trinajstić information content (AvgIpc) is 2.71. The molecule has 0 saturated heterocycles. The summed E-state index contributed by atoms with van der Waals surface area (Å²) in [4.78, 5) is 22.2. The number of nitro groups is 1. The highest BCUT2D eigenvalue weighted by atomic mass is 32.1. The van der Waals surface area contributed by atoms with Crippen LogP contribution in [-0.2, 0) is 9.53 Å². The van der Waals surface area contributed by atoms with Gasteiger partial charge in [0.15, 0.2) is 5.11 Å². The van der Waals surface area contributed by atoms with Crippen LogP contribution in [0.5, 0.6) is 5.75 Å². The van der Waals surface area contributed by atoms with Crippen molar-refractivity contribution in [1.82, 2.24) is 5.32 Å². The quantitative estimate of drug-likeness (QED) is 0.212. The molecule has 8 nitrogen and oxygen atoms in total. The largest absolute Gasteiger partial charge is 0.489 e. The van der Waals surface area contributed by atoms with E-state index in [1.165, 1.54) is 24.3 Å². The van der Waals surface area contributed by atoms with Crippen molar-refractivity contribution in [1.29, 1.82) is 0 Å². The third-order valence-electron chi connectivity index (χ3n) is 3.59. The molecule has 0 heterocycles. The van der Waals surface area contributed by atoms with Gasteiger partial charge in [0.1, 0.15) is 12.4 Å². The molecule has 152 valence electrons. The summed E-state index contributed by atoms with van der Waals surface area (Å²) in [6.07, 6.45) is 2.83. The molecule has 0 radical (unpaired) electrons. The number of hydrogen-bond donors (Lipinski definition) is 2. The Kier molecular flexibility index (Phi) is 8.74. The van der Waals surface area contributed by atoms with E-state index in [0.29, 0.717) is 36.8 Å². The first-order chi connectivity index (χ1) is 14.0. The Balaban J connectivity index is 1.88. The number of amides is 1. The van der Waals surface area contributed by atoms with Crippen LogP contribution in [-0.4, -0.2) is 35.8 Å². The fourth-order valence-corrected chi connectivity index (χ4v) is 2.45. The lowest BCUT2D eigenvalue weighted by molar-refractivity contribution is -0.384. The topological polar surface area (TPSA) is 103 Å². The van der Waals surface area contributed by atoms with E-state index in [2.05, 4.69) is 10.6 Å². The van der Waals surface area contributed by atoms with Crippen molar-refractivity contribution in [3.63, 3.8) is 0 Å². The maximum absolute atomic E-state index is 12.0. The fourth-order valence-electron chi connectivity index (χ4n) is 2.24. The van der Waals surface area contributed by atoms with Gasteiger partial charge in [-0.1, -0.05) is 12.1 Å². The van der Waals surface area contributed by atoms with E-state index in [1.54, 1.807) is 24.3 Å². The van der Waals surface area contributed by atoms with Crippen LogP contribution in [0.2, 0.25) is 0 Å². The summed E-state index contributed by atoms with van der Waals surface area (Å²) in [5, 5.41) is 16.2. The van der Waals surface area contributed by atoms with Gasteiger partial charge in [0.25, 0.3) is 5.69 Å². The molecular weight excluding hydrogens is 394 g/mol. The van der Waals surface area contributed by atoms with Gasteiger partial charge >= 0.3 is 0 Å². The van der Waals surface area contributed by atoms with Gasteiger partial charge in [-0.2, -0.15) is 0 Å². The molecule has 0 aliphatic carbocycles. The predicted molar refractivity (Wildman–Crippen MR) is 115 cm³/mol. The average molecular weight is 415 g/mol. The van der Waals surface area contributed by atoms with Crippen molar-refractivity contribution in [2.75, 3.05) is 25.1 Å². The second-order valence-electron chi connectivity index (χ2n) is 5.67. The van der Waals surface area contributed by atoms with Crippen LogP contribution in [0.1, 0.15) is 12.5 Å². The number of anilines is 1. The number of ether oxygens (including phenoxy) is 2. The molecule has 0 saturated carbocycles. The van der Waals surface area contributed by atoms with Crippen LogP contribution < -0.4 is 15.4 Å². The number of hydrogen-bond acceptors (Lipinski definition) is 6. The number of carbonyl (C=O) groups excluding carboxylic acids is 1. The van der Waals surface area contributed by atoms with Crippen molar-refractivity contribution >= 4 is 40.7 Å². The van der Waals surface area contributed by atoms with Gasteiger partial charge in [0.05, 0.1) is 17.2 Å². The normalized spacial score (nSPS) is 10.5. The van der Waals surface area contributed by atoms with Crippen LogP contribution in [0.15, 0.2) is 54.6 Å². The first-order valence-corrected chi connectivity index (χ1v) is 9.24. The molecule has 0 atom stereocenters. The zero-order valence-corrected chi connectivity index (χ0v) is 16.6. The summed E-state index contributed by atoms with van der Waals surface area (Å²) in [6, 6.07) is 13.0. The van der Waals surface area contributed by atoms with Crippen molar-refractivity contribution < 1.29 is 19.2 Å². The van der Waals surface area contributed by atoms with Crippen molar-refractivity contribution in [3.05, 3.63) is 70.3 Å². The van der Waals surface area contributed by atoms with E-state index in [0.717, 1.165) is 0 Å². The molecule has 0 fully saturated rings. The van der Waals surface area contributed by atoms with Crippen LogP contribution in [0.4, 0.5) is 11.4 Å². The highest BCUT2D eigenvalue weighted by Gasteiger charge is 2.07. The molecule has 1 amide bonds. The monoisotopic (exact) mass is 415 g/mol. The Morgan fingerprint density at radius 1 is 1.17 bits per heavy atom. The molecule has 0 unspecified atom stereocenters. The minimum Gasteiger partial charge on any atom is -0.489 e. The number of benzene rings is 2. The van der Waals surface area contributed by atoms with Gasteiger partial charge in [0, 0.05) is 24.8 Å². The highest BCUT2D eigenvalue weighted by Crippen LogP contribution is 2.23. The molecule has 0 aliphatic rings. The Morgan fingerprint density at radius 3 is 2.59 bits per heavy atom. The number of rotatable bonds is 9. The number of nitrogens with zero attached hydrogens (tertiary/aromatic N) is 1. The Hall–Kier alpha value is -3.30. The lowest BCUT2D eigenvalue weighted by Gasteiger charge is -2.13. The minimum atomic E-state index is -0.483. The van der Waals surface area contributed by atoms with Crippen LogP contribution in [0, 0.1) is 10.1 Å². The maximum atomic E-state index is 12.0. The van der Waals surface area contributed by atoms with E-state index in [9.17, 15) is 14.9 Å². The molecule has 0 bridgehead atoms. The van der Waals surface area contributed by atoms with E-state index in [4.69, 9.17) is 21.7 Å². The second kappa shape index (κ2) is 11.5. The summed E-state index contributed by atoms with van der Waals surface area (Å²) in [6.45, 7) is 3.39. The first-order valence-electron chi connectivity index (χ1n) is 8.83. The summed E-state index contributed by atoms with van der Waals surface area (Å²) in [7, 11) is 0. The number of carbonyl (C=O) groups is 1. The summed E-state index contributed by atoms with van der Waals surface area (Å²) in [5.41, 5.74) is 1.26. The van der Waals surface area contributed by atoms with Gasteiger partial charge in [-0.3, -0.25) is 20.2 Å². The SMILES string of the molecule is CCOCCOc1ccccc1NC(=S)NC(=O)/C=C/c1ccc([N+](=O)[O-])cc1. The molecule has 2 aromatic rings. The first kappa shape index (κ1) is 22.0. The highest BCUT2D eigenvalue weighted by molar-refractivity contribution is 7.80. The molecule has 2 N–H and O–H groups in total. The van der Waals surface area contributed by atoms with Gasteiger partial charge in [-0.05, 0) is 55.0 Å². The molecule has 0 spiro atoms. The summed E-state index contributed by atoms with van der Waals surface area (Å²) in [5.74, 6) is 0.154. The van der Waals surface area contributed by atoms with E-state index in [1.807, 2.05) is 19.1 Å². The van der Waals surface area contributed by atoms with E-state index in [-0.39, 0.29) is 10.8 Å². The van der Waals surface area contributed by atoms with Gasteiger partial charge < -0.3 is 14.8 Å². The minimum absolute atomic E-state index is 0.0147. The molecule has 0 aliphatic heterocycles. The Labute approximate surface area is 173 Å². The third-order valence-corrected chi connectivity index (χ3v) is 3.80. The lowest BCUT2D eigenvalue weighted by Crippen LogP contribution is -2.33. The zero-order chi connectivity index (χ0) is 21.1. The van der Waals surface area contributed by atoms with Crippen molar-refractivity contribution in [2.24, 2.45) is 0 Å². The molecule has 2 aromatic carbocycles. The third kappa shape index (κ3) is 7.68. The Bertz CT molecular complexity index is 884. The summed E-state index contributed by atoms with van der Waals surface area (Å²) < 4.78 is 10.9. The standard InChI is InChI=1S/C20H21N3O5S/c1-2-27-13-14-28-18-6-4-3-5-17(18)21-20(29)22-19(24)12-9-15-7-10-16(11-8-15)23(25)26/h3-12H,2,13-14H2,1H3,(H2,21,22,24,29)/b12-9+. The number of nitrogens with one attached hydrogen (secondary N) is 2. The fraction of sp³-hybridized carbons (Fsp3) is 0.200. The van der Waals surface area contributed by atoms with Gasteiger partial charge in [-0.15, -0.1) is 0 Å². The molecular formula is C20H21N3O5S. The smallest absolute Gasteiger partial charge is 0.269 e. The molecule has 0 aromatic heterocycles. The second-order valence-corrected chi connectivity index (χ2v) is 6.08. The Morgan fingerprint density at radius 2 is 1.90 bits per heavy atom. The van der Waals surface area contributed by atoms with Crippen molar-refractivity contribution in [3.8, 4) is 5.75 Å². The van der Waals surface area contributed by atoms with E-state index >= 15 is 0 Å². The maximum Gasteiger partial charge on any atom is 0.269 e. The van der Waals surface area contributed by atoms with Crippen LogP contribution in [0.3, 0.4) is 0 Å². The summed E-state index contributed by atoms with van der Waals surface area (Å²) >= 11 is 5.17. The zero-order valence-electron chi connectivity index (χ0n) is 15.8. The number of para-hydroxylation sites is 2.